The van der Waals surface area contributed by atoms with Crippen molar-refractivity contribution in [1.29, 1.82) is 0 Å². The number of amides is 1. The highest BCUT2D eigenvalue weighted by Gasteiger charge is 2.09. The highest BCUT2D eigenvalue weighted by atomic mass is 16.1. The Morgan fingerprint density at radius 2 is 2.35 bits per heavy atom. The van der Waals surface area contributed by atoms with Gasteiger partial charge in [0.2, 0.25) is 5.91 Å². The minimum absolute atomic E-state index is 0.0584. The Morgan fingerprint density at radius 1 is 1.47 bits per heavy atom. The van der Waals surface area contributed by atoms with Gasteiger partial charge in [0.25, 0.3) is 0 Å². The van der Waals surface area contributed by atoms with Crippen molar-refractivity contribution in [2.24, 2.45) is 0 Å². The second-order valence-electron chi connectivity index (χ2n) is 4.30. The lowest BCUT2D eigenvalue weighted by Crippen LogP contribution is -2.19. The van der Waals surface area contributed by atoms with Crippen molar-refractivity contribution in [1.82, 2.24) is 5.32 Å². The molecule has 2 rings (SSSR count). The van der Waals surface area contributed by atoms with E-state index in [9.17, 15) is 4.79 Å². The molecule has 1 amide bonds. The number of hydrogen-bond donors (Lipinski definition) is 3. The molecule has 1 aliphatic heterocycles. The summed E-state index contributed by atoms with van der Waals surface area (Å²) in [6.45, 7) is 1.75. The van der Waals surface area contributed by atoms with E-state index in [-0.39, 0.29) is 5.91 Å². The fourth-order valence-electron chi connectivity index (χ4n) is 2.01. The van der Waals surface area contributed by atoms with Crippen LogP contribution >= 0.6 is 0 Å². The Balaban J connectivity index is 1.99. The summed E-state index contributed by atoms with van der Waals surface area (Å²) >= 11 is 0. The van der Waals surface area contributed by atoms with Gasteiger partial charge in [-0.2, -0.15) is 0 Å². The number of carbonyl (C=O) groups excluding carboxylic acids is 1. The fraction of sp³-hybridized carbons (Fsp3) is 0.462. The Hall–Kier alpha value is -1.55. The van der Waals surface area contributed by atoms with Crippen molar-refractivity contribution in [2.75, 3.05) is 30.8 Å². The van der Waals surface area contributed by atoms with Gasteiger partial charge in [-0.15, -0.1) is 0 Å². The lowest BCUT2D eigenvalue weighted by molar-refractivity contribution is -0.116. The summed E-state index contributed by atoms with van der Waals surface area (Å²) in [5.41, 5.74) is 3.39. The van der Waals surface area contributed by atoms with Crippen LogP contribution in [-0.4, -0.2) is 26.0 Å². The molecule has 1 heterocycles. The summed E-state index contributed by atoms with van der Waals surface area (Å²) in [6.07, 6.45) is 2.75. The summed E-state index contributed by atoms with van der Waals surface area (Å²) in [6, 6.07) is 6.06. The molecular weight excluding hydrogens is 214 g/mol. The van der Waals surface area contributed by atoms with Crippen molar-refractivity contribution in [3.8, 4) is 0 Å². The Labute approximate surface area is 102 Å². The van der Waals surface area contributed by atoms with Gasteiger partial charge in [0.15, 0.2) is 0 Å². The topological polar surface area (TPSA) is 53.2 Å². The molecule has 4 nitrogen and oxygen atoms in total. The van der Waals surface area contributed by atoms with Gasteiger partial charge in [-0.1, -0.05) is 0 Å². The second-order valence-corrected chi connectivity index (χ2v) is 4.30. The molecule has 0 aromatic heterocycles. The van der Waals surface area contributed by atoms with Crippen LogP contribution in [0.3, 0.4) is 0 Å². The van der Waals surface area contributed by atoms with E-state index in [1.54, 1.807) is 0 Å². The third-order valence-electron chi connectivity index (χ3n) is 2.93. The molecule has 0 unspecified atom stereocenters. The zero-order valence-electron chi connectivity index (χ0n) is 10.2. The molecule has 0 saturated carbocycles. The minimum Gasteiger partial charge on any atom is -0.385 e. The molecule has 0 bridgehead atoms. The smallest absolute Gasteiger partial charge is 0.225 e. The third kappa shape index (κ3) is 3.20. The quantitative estimate of drug-likeness (QED) is 0.740. The summed E-state index contributed by atoms with van der Waals surface area (Å²) in [7, 11) is 1.85. The Bertz CT molecular complexity index is 404. The first-order valence-electron chi connectivity index (χ1n) is 6.11. The van der Waals surface area contributed by atoms with Crippen molar-refractivity contribution in [2.45, 2.75) is 19.3 Å². The molecule has 0 aliphatic carbocycles. The number of anilines is 2. The van der Waals surface area contributed by atoms with Crippen LogP contribution in [0.1, 0.15) is 18.4 Å². The molecule has 4 heteroatoms. The first-order chi connectivity index (χ1) is 8.29. The SMILES string of the molecule is CNCCC(=O)Nc1ccc2c(c1)CCCN2. The van der Waals surface area contributed by atoms with E-state index >= 15 is 0 Å². The van der Waals surface area contributed by atoms with Crippen LogP contribution in [0.4, 0.5) is 11.4 Å². The van der Waals surface area contributed by atoms with Crippen LogP contribution in [0.15, 0.2) is 18.2 Å². The molecule has 0 atom stereocenters. The van der Waals surface area contributed by atoms with Crippen molar-refractivity contribution >= 4 is 17.3 Å². The molecule has 1 aromatic rings. The molecule has 92 valence electrons. The largest absolute Gasteiger partial charge is 0.385 e. The van der Waals surface area contributed by atoms with Crippen LogP contribution < -0.4 is 16.0 Å². The fourth-order valence-corrected chi connectivity index (χ4v) is 2.01. The van der Waals surface area contributed by atoms with Gasteiger partial charge in [0.1, 0.15) is 0 Å². The van der Waals surface area contributed by atoms with Crippen molar-refractivity contribution in [3.63, 3.8) is 0 Å². The molecule has 0 saturated heterocycles. The first-order valence-corrected chi connectivity index (χ1v) is 6.11. The lowest BCUT2D eigenvalue weighted by Gasteiger charge is -2.18. The van der Waals surface area contributed by atoms with E-state index in [0.717, 1.165) is 25.1 Å². The van der Waals surface area contributed by atoms with E-state index in [4.69, 9.17) is 0 Å². The van der Waals surface area contributed by atoms with Crippen LogP contribution in [0.25, 0.3) is 0 Å². The van der Waals surface area contributed by atoms with Gasteiger partial charge in [-0.25, -0.2) is 0 Å². The number of carbonyl (C=O) groups is 1. The number of benzene rings is 1. The zero-order valence-corrected chi connectivity index (χ0v) is 10.2. The van der Waals surface area contributed by atoms with Crippen LogP contribution in [-0.2, 0) is 11.2 Å². The summed E-state index contributed by atoms with van der Waals surface area (Å²) in [5.74, 6) is 0.0584. The van der Waals surface area contributed by atoms with Gasteiger partial charge in [-0.3, -0.25) is 4.79 Å². The molecule has 17 heavy (non-hydrogen) atoms. The van der Waals surface area contributed by atoms with Gasteiger partial charge in [-0.05, 0) is 43.7 Å². The number of rotatable bonds is 4. The van der Waals surface area contributed by atoms with Gasteiger partial charge in [0.05, 0.1) is 0 Å². The third-order valence-corrected chi connectivity index (χ3v) is 2.93. The molecular formula is C13H19N3O. The maximum atomic E-state index is 11.6. The molecule has 3 N–H and O–H groups in total. The number of nitrogens with one attached hydrogen (secondary N) is 3. The van der Waals surface area contributed by atoms with Crippen LogP contribution in [0.2, 0.25) is 0 Å². The second kappa shape index (κ2) is 5.68. The zero-order chi connectivity index (χ0) is 12.1. The minimum atomic E-state index is 0.0584. The maximum Gasteiger partial charge on any atom is 0.225 e. The predicted molar refractivity (Wildman–Crippen MR) is 70.4 cm³/mol. The monoisotopic (exact) mass is 233 g/mol. The van der Waals surface area contributed by atoms with E-state index < -0.39 is 0 Å². The Morgan fingerprint density at radius 3 is 3.18 bits per heavy atom. The van der Waals surface area contributed by atoms with Crippen LogP contribution in [0.5, 0.6) is 0 Å². The average molecular weight is 233 g/mol. The van der Waals surface area contributed by atoms with Crippen molar-refractivity contribution < 1.29 is 4.79 Å². The summed E-state index contributed by atoms with van der Waals surface area (Å²) < 4.78 is 0. The van der Waals surface area contributed by atoms with Gasteiger partial charge in [0, 0.05) is 30.9 Å². The van der Waals surface area contributed by atoms with Crippen LogP contribution in [0, 0.1) is 0 Å². The molecule has 1 aliphatic rings. The molecule has 1 aromatic carbocycles. The maximum absolute atomic E-state index is 11.6. The summed E-state index contributed by atoms with van der Waals surface area (Å²) in [5, 5.41) is 9.24. The Kier molecular flexibility index (Phi) is 3.98. The first kappa shape index (κ1) is 11.9. The lowest BCUT2D eigenvalue weighted by atomic mass is 10.0. The standard InChI is InChI=1S/C13H19N3O/c1-14-8-6-13(17)16-11-4-5-12-10(9-11)3-2-7-15-12/h4-5,9,14-15H,2-3,6-8H2,1H3,(H,16,17). The van der Waals surface area contributed by atoms with Gasteiger partial charge >= 0.3 is 0 Å². The highest BCUT2D eigenvalue weighted by molar-refractivity contribution is 5.91. The number of fused-ring (bicyclic) bond motifs is 1. The molecule has 0 radical (unpaired) electrons. The van der Waals surface area contributed by atoms with E-state index in [1.807, 2.05) is 19.2 Å². The van der Waals surface area contributed by atoms with E-state index in [0.29, 0.717) is 13.0 Å². The normalized spacial score (nSPS) is 13.7. The van der Waals surface area contributed by atoms with Crippen molar-refractivity contribution in [3.05, 3.63) is 23.8 Å². The highest BCUT2D eigenvalue weighted by Crippen LogP contribution is 2.25. The molecule has 0 spiro atoms. The molecule has 0 fully saturated rings. The van der Waals surface area contributed by atoms with Gasteiger partial charge < -0.3 is 16.0 Å². The van der Waals surface area contributed by atoms with E-state index in [1.165, 1.54) is 11.3 Å². The van der Waals surface area contributed by atoms with E-state index in [2.05, 4.69) is 22.0 Å². The average Bonchev–Trinajstić information content (AvgIpc) is 2.36. The number of hydrogen-bond acceptors (Lipinski definition) is 3. The predicted octanol–water partition coefficient (Wildman–Crippen LogP) is 1.59. The summed E-state index contributed by atoms with van der Waals surface area (Å²) in [4.78, 5) is 11.6. The number of aryl methyl sites for hydroxylation is 1.